The van der Waals surface area contributed by atoms with Gasteiger partial charge >= 0.3 is 0 Å². The molecule has 0 radical (unpaired) electrons. The van der Waals surface area contributed by atoms with Gasteiger partial charge in [0.2, 0.25) is 5.91 Å². The Hall–Kier alpha value is -2.69. The van der Waals surface area contributed by atoms with Crippen LogP contribution in [0.1, 0.15) is 37.4 Å². The number of anilines is 1. The van der Waals surface area contributed by atoms with Crippen molar-refractivity contribution in [1.82, 2.24) is 5.32 Å². The fourth-order valence-corrected chi connectivity index (χ4v) is 3.35. The van der Waals surface area contributed by atoms with Crippen LogP contribution < -0.4 is 19.7 Å². The van der Waals surface area contributed by atoms with Crippen molar-refractivity contribution in [3.63, 3.8) is 0 Å². The molecule has 5 nitrogen and oxygen atoms in total. The highest BCUT2D eigenvalue weighted by Gasteiger charge is 2.21. The molecule has 5 heteroatoms. The summed E-state index contributed by atoms with van der Waals surface area (Å²) >= 11 is 0. The monoisotopic (exact) mass is 382 g/mol. The first-order chi connectivity index (χ1) is 13.4. The van der Waals surface area contributed by atoms with Crippen LogP contribution >= 0.6 is 0 Å². The van der Waals surface area contributed by atoms with E-state index < -0.39 is 0 Å². The number of nitrogens with one attached hydrogen (secondary N) is 1. The van der Waals surface area contributed by atoms with Crippen molar-refractivity contribution in [3.05, 3.63) is 53.6 Å². The summed E-state index contributed by atoms with van der Waals surface area (Å²) in [5, 5.41) is 3.20. The summed E-state index contributed by atoms with van der Waals surface area (Å²) in [6.07, 6.45) is 1.20. The van der Waals surface area contributed by atoms with E-state index in [1.165, 1.54) is 5.56 Å². The maximum atomic E-state index is 12.6. The van der Waals surface area contributed by atoms with Crippen LogP contribution in [0.4, 0.5) is 5.69 Å². The predicted octanol–water partition coefficient (Wildman–Crippen LogP) is 3.97. The topological polar surface area (TPSA) is 50.8 Å². The second-order valence-electron chi connectivity index (χ2n) is 7.75. The van der Waals surface area contributed by atoms with Crippen LogP contribution in [-0.4, -0.2) is 33.2 Å². The normalized spacial score (nSPS) is 13.9. The number of ether oxygens (including phenoxy) is 2. The first kappa shape index (κ1) is 20.1. The minimum atomic E-state index is -0.0561. The highest BCUT2D eigenvalue weighted by molar-refractivity contribution is 5.76. The van der Waals surface area contributed by atoms with Gasteiger partial charge < -0.3 is 19.7 Å². The van der Waals surface area contributed by atoms with E-state index in [1.807, 2.05) is 32.3 Å². The Morgan fingerprint density at radius 2 is 1.71 bits per heavy atom. The summed E-state index contributed by atoms with van der Waals surface area (Å²) < 4.78 is 11.3. The zero-order valence-electron chi connectivity index (χ0n) is 17.2. The molecule has 0 saturated heterocycles. The molecule has 1 unspecified atom stereocenters. The van der Waals surface area contributed by atoms with E-state index in [1.54, 1.807) is 0 Å². The van der Waals surface area contributed by atoms with Gasteiger partial charge in [-0.3, -0.25) is 4.79 Å². The van der Waals surface area contributed by atoms with E-state index in [9.17, 15) is 4.79 Å². The third-order valence-electron chi connectivity index (χ3n) is 5.00. The highest BCUT2D eigenvalue weighted by Crippen LogP contribution is 2.34. The van der Waals surface area contributed by atoms with Crippen molar-refractivity contribution in [3.8, 4) is 11.5 Å². The van der Waals surface area contributed by atoms with Crippen molar-refractivity contribution in [1.29, 1.82) is 0 Å². The smallest absolute Gasteiger partial charge is 0.220 e. The van der Waals surface area contributed by atoms with Gasteiger partial charge in [-0.2, -0.15) is 0 Å². The highest BCUT2D eigenvalue weighted by atomic mass is 16.6. The third-order valence-corrected chi connectivity index (χ3v) is 5.00. The molecule has 1 aliphatic heterocycles. The van der Waals surface area contributed by atoms with Crippen LogP contribution in [0, 0.1) is 5.92 Å². The van der Waals surface area contributed by atoms with Crippen LogP contribution in [0.25, 0.3) is 0 Å². The molecule has 1 N–H and O–H groups in total. The number of hydrogen-bond donors (Lipinski definition) is 1. The first-order valence-electron chi connectivity index (χ1n) is 9.89. The minimum Gasteiger partial charge on any atom is -0.486 e. The van der Waals surface area contributed by atoms with Gasteiger partial charge in [0.25, 0.3) is 0 Å². The number of nitrogens with zero attached hydrogens (tertiary/aromatic N) is 1. The Balaban J connectivity index is 1.61. The number of fused-ring (bicyclic) bond motifs is 1. The average Bonchev–Trinajstić information content (AvgIpc) is 2.70. The van der Waals surface area contributed by atoms with Gasteiger partial charge in [-0.05, 0) is 47.7 Å². The summed E-state index contributed by atoms with van der Waals surface area (Å²) in [4.78, 5) is 14.7. The number of carbonyl (C=O) groups excluding carboxylic acids is 1. The van der Waals surface area contributed by atoms with E-state index >= 15 is 0 Å². The molecular formula is C23H30N2O3. The maximum Gasteiger partial charge on any atom is 0.220 e. The molecule has 150 valence electrons. The van der Waals surface area contributed by atoms with Crippen molar-refractivity contribution < 1.29 is 14.3 Å². The van der Waals surface area contributed by atoms with Gasteiger partial charge in [-0.1, -0.05) is 32.0 Å². The molecule has 1 atom stereocenters. The van der Waals surface area contributed by atoms with Crippen molar-refractivity contribution in [2.45, 2.75) is 32.7 Å². The molecular weight excluding hydrogens is 352 g/mol. The van der Waals surface area contributed by atoms with Gasteiger partial charge in [-0.25, -0.2) is 0 Å². The number of rotatable bonds is 7. The van der Waals surface area contributed by atoms with E-state index in [2.05, 4.69) is 48.3 Å². The zero-order chi connectivity index (χ0) is 20.1. The summed E-state index contributed by atoms with van der Waals surface area (Å²) in [5.41, 5.74) is 3.37. The molecule has 1 aliphatic rings. The molecule has 0 aromatic heterocycles. The molecule has 2 aromatic rings. The quantitative estimate of drug-likeness (QED) is 0.787. The summed E-state index contributed by atoms with van der Waals surface area (Å²) in [6.45, 7) is 5.36. The SMILES string of the molecule is CC(C)C(NC(=O)CCc1ccc(N(C)C)cc1)c1ccc2c(c1)OCCO2. The van der Waals surface area contributed by atoms with E-state index in [0.717, 1.165) is 29.2 Å². The fraction of sp³-hybridized carbons (Fsp3) is 0.435. The Kier molecular flexibility index (Phi) is 6.45. The van der Waals surface area contributed by atoms with E-state index in [-0.39, 0.29) is 17.9 Å². The predicted molar refractivity (Wildman–Crippen MR) is 112 cm³/mol. The van der Waals surface area contributed by atoms with Crippen LogP contribution in [0.3, 0.4) is 0 Å². The molecule has 0 fully saturated rings. The van der Waals surface area contributed by atoms with E-state index in [0.29, 0.717) is 19.6 Å². The Morgan fingerprint density at radius 1 is 1.04 bits per heavy atom. The lowest BCUT2D eigenvalue weighted by atomic mass is 9.95. The molecule has 0 spiro atoms. The number of carbonyl (C=O) groups is 1. The first-order valence-corrected chi connectivity index (χ1v) is 9.89. The Bertz CT molecular complexity index is 800. The molecule has 1 amide bonds. The van der Waals surface area contributed by atoms with Crippen molar-refractivity contribution >= 4 is 11.6 Å². The maximum absolute atomic E-state index is 12.6. The van der Waals surface area contributed by atoms with Gasteiger partial charge in [-0.15, -0.1) is 0 Å². The molecule has 1 heterocycles. The number of amides is 1. The van der Waals surface area contributed by atoms with Crippen molar-refractivity contribution in [2.24, 2.45) is 5.92 Å². The molecule has 2 aromatic carbocycles. The largest absolute Gasteiger partial charge is 0.486 e. The lowest BCUT2D eigenvalue weighted by Crippen LogP contribution is -2.32. The molecule has 0 aliphatic carbocycles. The van der Waals surface area contributed by atoms with Crippen molar-refractivity contribution in [2.75, 3.05) is 32.2 Å². The average molecular weight is 383 g/mol. The second-order valence-corrected chi connectivity index (χ2v) is 7.75. The van der Waals surface area contributed by atoms with E-state index in [4.69, 9.17) is 9.47 Å². The third kappa shape index (κ3) is 4.97. The molecule has 3 rings (SSSR count). The van der Waals surface area contributed by atoms with Gasteiger partial charge in [0.1, 0.15) is 13.2 Å². The zero-order valence-corrected chi connectivity index (χ0v) is 17.2. The lowest BCUT2D eigenvalue weighted by molar-refractivity contribution is -0.122. The van der Waals surface area contributed by atoms with Gasteiger partial charge in [0.15, 0.2) is 11.5 Å². The summed E-state index contributed by atoms with van der Waals surface area (Å²) in [7, 11) is 4.04. The molecule has 0 saturated carbocycles. The van der Waals surface area contributed by atoms with Gasteiger partial charge in [0.05, 0.1) is 6.04 Å². The Labute approximate surface area is 167 Å². The minimum absolute atomic E-state index is 0.0561. The van der Waals surface area contributed by atoms with Crippen LogP contribution in [0.2, 0.25) is 0 Å². The van der Waals surface area contributed by atoms with Crippen LogP contribution in [-0.2, 0) is 11.2 Å². The van der Waals surface area contributed by atoms with Crippen LogP contribution in [0.5, 0.6) is 11.5 Å². The number of benzene rings is 2. The number of hydrogen-bond acceptors (Lipinski definition) is 4. The molecule has 28 heavy (non-hydrogen) atoms. The van der Waals surface area contributed by atoms with Crippen LogP contribution in [0.15, 0.2) is 42.5 Å². The van der Waals surface area contributed by atoms with Gasteiger partial charge in [0, 0.05) is 26.2 Å². The summed E-state index contributed by atoms with van der Waals surface area (Å²) in [6, 6.07) is 14.2. The lowest BCUT2D eigenvalue weighted by Gasteiger charge is -2.25. The standard InChI is InChI=1S/C23H30N2O3/c1-16(2)23(18-8-11-20-21(15-18)28-14-13-27-20)24-22(26)12-7-17-5-9-19(10-6-17)25(3)4/h5-6,8-11,15-16,23H,7,12-14H2,1-4H3,(H,24,26). The fourth-order valence-electron chi connectivity index (χ4n) is 3.35. The molecule has 0 bridgehead atoms. The second kappa shape index (κ2) is 9.00. The Morgan fingerprint density at radius 3 is 2.36 bits per heavy atom. The summed E-state index contributed by atoms with van der Waals surface area (Å²) in [5.74, 6) is 1.85. The number of aryl methyl sites for hydroxylation is 1.